The van der Waals surface area contributed by atoms with Crippen molar-refractivity contribution in [3.63, 3.8) is 0 Å². The molecule has 0 amide bonds. The first-order valence-corrected chi connectivity index (χ1v) is 8.82. The van der Waals surface area contributed by atoms with Crippen LogP contribution in [0.5, 0.6) is 0 Å². The molecule has 1 atom stereocenters. The molecular weight excluding hydrogens is 379 g/mol. The van der Waals surface area contributed by atoms with Crippen molar-refractivity contribution in [3.8, 4) is 0 Å². The van der Waals surface area contributed by atoms with Crippen LogP contribution < -0.4 is 0 Å². The van der Waals surface area contributed by atoms with Crippen LogP contribution in [0.4, 0.5) is 0 Å². The van der Waals surface area contributed by atoms with E-state index in [1.807, 2.05) is 12.1 Å². The summed E-state index contributed by atoms with van der Waals surface area (Å²) in [7, 11) is 0. The third-order valence-electron chi connectivity index (χ3n) is 3.60. The van der Waals surface area contributed by atoms with Crippen LogP contribution in [0.15, 0.2) is 24.3 Å². The van der Waals surface area contributed by atoms with Gasteiger partial charge in [-0.25, -0.2) is 0 Å². The lowest BCUT2D eigenvalue weighted by atomic mass is 9.79. The fourth-order valence-corrected chi connectivity index (χ4v) is 4.86. The third-order valence-corrected chi connectivity index (χ3v) is 6.08. The summed E-state index contributed by atoms with van der Waals surface area (Å²) in [6, 6.07) is 8.12. The van der Waals surface area contributed by atoms with Crippen LogP contribution in [-0.2, 0) is 10.2 Å². The predicted octanol–water partition coefficient (Wildman–Crippen LogP) is 4.94. The molecule has 1 unspecified atom stereocenters. The largest absolute Gasteiger partial charge is 0.378 e. The molecule has 0 spiro atoms. The Bertz CT molecular complexity index is 387. The van der Waals surface area contributed by atoms with E-state index in [0.717, 1.165) is 35.1 Å². The van der Waals surface area contributed by atoms with E-state index < -0.39 is 0 Å². The zero-order chi connectivity index (χ0) is 13.0. The van der Waals surface area contributed by atoms with E-state index in [0.29, 0.717) is 6.10 Å². The van der Waals surface area contributed by atoms with Crippen molar-refractivity contribution in [2.75, 3.05) is 17.3 Å². The lowest BCUT2D eigenvalue weighted by Crippen LogP contribution is -2.35. The van der Waals surface area contributed by atoms with Crippen molar-refractivity contribution in [1.29, 1.82) is 0 Å². The van der Waals surface area contributed by atoms with Gasteiger partial charge in [0.2, 0.25) is 0 Å². The fourth-order valence-electron chi connectivity index (χ4n) is 2.53. The Hall–Kier alpha value is 0.430. The lowest BCUT2D eigenvalue weighted by molar-refractivity contribution is 0.0892. The SMILES string of the molecule is Clc1ccccc1C(CBr)(CBr)CC1CCCO1. The van der Waals surface area contributed by atoms with Gasteiger partial charge in [0, 0.05) is 27.7 Å². The van der Waals surface area contributed by atoms with Crippen LogP contribution in [0.3, 0.4) is 0 Å². The van der Waals surface area contributed by atoms with E-state index in [2.05, 4.69) is 44.0 Å². The van der Waals surface area contributed by atoms with Gasteiger partial charge in [0.1, 0.15) is 0 Å². The van der Waals surface area contributed by atoms with Crippen molar-refractivity contribution < 1.29 is 4.74 Å². The average molecular weight is 397 g/mol. The van der Waals surface area contributed by atoms with Crippen LogP contribution in [-0.4, -0.2) is 23.4 Å². The van der Waals surface area contributed by atoms with Crippen LogP contribution in [0.2, 0.25) is 5.02 Å². The topological polar surface area (TPSA) is 9.23 Å². The van der Waals surface area contributed by atoms with Crippen molar-refractivity contribution >= 4 is 43.5 Å². The second kappa shape index (κ2) is 6.74. The van der Waals surface area contributed by atoms with Gasteiger partial charge in [0.05, 0.1) is 6.10 Å². The summed E-state index contributed by atoms with van der Waals surface area (Å²) in [5.74, 6) is 0. The molecule has 18 heavy (non-hydrogen) atoms. The van der Waals surface area contributed by atoms with Crippen molar-refractivity contribution in [1.82, 2.24) is 0 Å². The molecule has 0 bridgehead atoms. The molecule has 1 saturated heterocycles. The first kappa shape index (κ1) is 14.8. The van der Waals surface area contributed by atoms with E-state index in [1.54, 1.807) is 0 Å². The maximum absolute atomic E-state index is 6.37. The van der Waals surface area contributed by atoms with Crippen molar-refractivity contribution in [2.45, 2.75) is 30.8 Å². The molecule has 0 radical (unpaired) electrons. The molecule has 1 aliphatic heterocycles. The maximum atomic E-state index is 6.37. The smallest absolute Gasteiger partial charge is 0.0585 e. The Morgan fingerprint density at radius 1 is 1.28 bits per heavy atom. The van der Waals surface area contributed by atoms with Crippen LogP contribution in [0, 0.1) is 0 Å². The second-order valence-electron chi connectivity index (χ2n) is 4.87. The van der Waals surface area contributed by atoms with E-state index in [9.17, 15) is 0 Å². The summed E-state index contributed by atoms with van der Waals surface area (Å²) in [6.07, 6.45) is 3.70. The number of benzene rings is 1. The Labute approximate surface area is 130 Å². The molecule has 1 nitrogen and oxygen atoms in total. The van der Waals surface area contributed by atoms with Gasteiger partial charge in [-0.2, -0.15) is 0 Å². The van der Waals surface area contributed by atoms with Gasteiger partial charge in [-0.3, -0.25) is 0 Å². The van der Waals surface area contributed by atoms with Gasteiger partial charge in [-0.05, 0) is 30.9 Å². The Kier molecular flexibility index (Phi) is 5.55. The number of hydrogen-bond donors (Lipinski definition) is 0. The first-order valence-electron chi connectivity index (χ1n) is 6.20. The number of hydrogen-bond acceptors (Lipinski definition) is 1. The molecule has 0 aliphatic carbocycles. The normalized spacial score (nSPS) is 20.3. The minimum Gasteiger partial charge on any atom is -0.378 e. The highest BCUT2D eigenvalue weighted by atomic mass is 79.9. The Morgan fingerprint density at radius 2 is 2.00 bits per heavy atom. The molecule has 0 aromatic heterocycles. The van der Waals surface area contributed by atoms with Crippen LogP contribution in [0.1, 0.15) is 24.8 Å². The highest BCUT2D eigenvalue weighted by molar-refractivity contribution is 9.09. The molecule has 1 heterocycles. The molecule has 100 valence electrons. The predicted molar refractivity (Wildman–Crippen MR) is 84.3 cm³/mol. The zero-order valence-electron chi connectivity index (χ0n) is 10.2. The van der Waals surface area contributed by atoms with Crippen LogP contribution in [0.25, 0.3) is 0 Å². The summed E-state index contributed by atoms with van der Waals surface area (Å²) in [4.78, 5) is 0. The minimum absolute atomic E-state index is 0.00729. The summed E-state index contributed by atoms with van der Waals surface area (Å²) in [6.45, 7) is 0.897. The highest BCUT2D eigenvalue weighted by Gasteiger charge is 2.36. The molecule has 0 saturated carbocycles. The van der Waals surface area contributed by atoms with Crippen molar-refractivity contribution in [2.24, 2.45) is 0 Å². The number of alkyl halides is 2. The van der Waals surface area contributed by atoms with E-state index in [-0.39, 0.29) is 5.41 Å². The number of rotatable bonds is 5. The van der Waals surface area contributed by atoms with Gasteiger partial charge < -0.3 is 4.74 Å². The zero-order valence-corrected chi connectivity index (χ0v) is 14.1. The minimum atomic E-state index is 0.00729. The molecule has 1 fully saturated rings. The second-order valence-corrected chi connectivity index (χ2v) is 6.40. The van der Waals surface area contributed by atoms with E-state index in [4.69, 9.17) is 16.3 Å². The quantitative estimate of drug-likeness (QED) is 0.641. The summed E-state index contributed by atoms with van der Waals surface area (Å²) >= 11 is 13.7. The molecule has 1 aromatic carbocycles. The average Bonchev–Trinajstić information content (AvgIpc) is 2.90. The summed E-state index contributed by atoms with van der Waals surface area (Å²) < 4.78 is 5.79. The highest BCUT2D eigenvalue weighted by Crippen LogP contribution is 2.39. The summed E-state index contributed by atoms with van der Waals surface area (Å²) in [5.41, 5.74) is 1.21. The standard InChI is InChI=1S/C14H17Br2ClO/c15-9-14(10-16,8-11-4-3-7-18-11)12-5-1-2-6-13(12)17/h1-2,5-6,11H,3-4,7-10H2. The maximum Gasteiger partial charge on any atom is 0.0585 e. The molecule has 1 aromatic rings. The monoisotopic (exact) mass is 394 g/mol. The fraction of sp³-hybridized carbons (Fsp3) is 0.571. The summed E-state index contributed by atoms with van der Waals surface area (Å²) in [5, 5.41) is 2.61. The molecule has 0 N–H and O–H groups in total. The lowest BCUT2D eigenvalue weighted by Gasteiger charge is -2.33. The molecule has 2 rings (SSSR count). The Balaban J connectivity index is 2.27. The Morgan fingerprint density at radius 3 is 2.56 bits per heavy atom. The van der Waals surface area contributed by atoms with E-state index >= 15 is 0 Å². The van der Waals surface area contributed by atoms with Gasteiger partial charge in [-0.1, -0.05) is 61.7 Å². The van der Waals surface area contributed by atoms with Crippen molar-refractivity contribution in [3.05, 3.63) is 34.9 Å². The number of halogens is 3. The van der Waals surface area contributed by atoms with Gasteiger partial charge in [-0.15, -0.1) is 0 Å². The van der Waals surface area contributed by atoms with Crippen LogP contribution >= 0.6 is 43.5 Å². The van der Waals surface area contributed by atoms with E-state index in [1.165, 1.54) is 12.0 Å². The van der Waals surface area contributed by atoms with Gasteiger partial charge >= 0.3 is 0 Å². The van der Waals surface area contributed by atoms with Gasteiger partial charge in [0.15, 0.2) is 0 Å². The third kappa shape index (κ3) is 3.12. The molecule has 1 aliphatic rings. The molecule has 4 heteroatoms. The first-order chi connectivity index (χ1) is 8.72. The van der Waals surface area contributed by atoms with Gasteiger partial charge in [0.25, 0.3) is 0 Å². The number of ether oxygens (including phenoxy) is 1. The molecular formula is C14H17Br2ClO.